The Bertz CT molecular complexity index is 763. The fraction of sp³-hybridized carbons (Fsp3) is 0.118. The fourth-order valence-electron chi connectivity index (χ4n) is 2.55. The molecule has 2 aromatic carbocycles. The van der Waals surface area contributed by atoms with E-state index in [9.17, 15) is 4.39 Å². The Morgan fingerprint density at radius 2 is 1.90 bits per heavy atom. The topological polar surface area (TPSA) is 38.9 Å². The van der Waals surface area contributed by atoms with Gasteiger partial charge in [-0.3, -0.25) is 4.98 Å². The molecule has 0 aliphatic rings. The number of pyridine rings is 1. The van der Waals surface area contributed by atoms with E-state index in [0.29, 0.717) is 0 Å². The van der Waals surface area contributed by atoms with Gasteiger partial charge in [0, 0.05) is 11.6 Å². The minimum atomic E-state index is -0.288. The zero-order chi connectivity index (χ0) is 14.1. The summed E-state index contributed by atoms with van der Waals surface area (Å²) >= 11 is 0. The van der Waals surface area contributed by atoms with Crippen molar-refractivity contribution >= 4 is 10.9 Å². The molecule has 0 amide bonds. The van der Waals surface area contributed by atoms with Crippen molar-refractivity contribution in [1.82, 2.24) is 4.98 Å². The molecule has 1 aromatic heterocycles. The lowest BCUT2D eigenvalue weighted by molar-refractivity contribution is 0.625. The van der Waals surface area contributed by atoms with Crippen LogP contribution in [0.1, 0.15) is 22.7 Å². The summed E-state index contributed by atoms with van der Waals surface area (Å²) in [6.45, 7) is 1.88. The van der Waals surface area contributed by atoms with E-state index < -0.39 is 0 Å². The van der Waals surface area contributed by atoms with Gasteiger partial charge in [-0.15, -0.1) is 0 Å². The highest BCUT2D eigenvalue weighted by molar-refractivity contribution is 5.83. The van der Waals surface area contributed by atoms with Gasteiger partial charge in [0.25, 0.3) is 0 Å². The first-order chi connectivity index (χ1) is 9.66. The summed E-state index contributed by atoms with van der Waals surface area (Å²) in [5, 5.41) is 1.03. The summed E-state index contributed by atoms with van der Waals surface area (Å²) < 4.78 is 13.2. The van der Waals surface area contributed by atoms with Crippen molar-refractivity contribution in [2.24, 2.45) is 5.73 Å². The molecule has 2 N–H and O–H groups in total. The molecule has 1 unspecified atom stereocenters. The predicted octanol–water partition coefficient (Wildman–Crippen LogP) is 3.73. The highest BCUT2D eigenvalue weighted by Crippen LogP contribution is 2.28. The van der Waals surface area contributed by atoms with E-state index in [1.807, 2.05) is 37.3 Å². The molecule has 3 rings (SSSR count). The van der Waals surface area contributed by atoms with Crippen LogP contribution < -0.4 is 5.73 Å². The van der Waals surface area contributed by atoms with Crippen molar-refractivity contribution in [1.29, 1.82) is 0 Å². The second-order valence-electron chi connectivity index (χ2n) is 4.90. The first-order valence-electron chi connectivity index (χ1n) is 6.52. The number of halogens is 1. The first-order valence-corrected chi connectivity index (χ1v) is 6.52. The number of benzene rings is 2. The van der Waals surface area contributed by atoms with E-state index in [-0.39, 0.29) is 11.9 Å². The van der Waals surface area contributed by atoms with Gasteiger partial charge < -0.3 is 5.73 Å². The largest absolute Gasteiger partial charge is 0.320 e. The van der Waals surface area contributed by atoms with Crippen LogP contribution >= 0.6 is 0 Å². The van der Waals surface area contributed by atoms with Gasteiger partial charge in [-0.2, -0.15) is 0 Å². The maximum Gasteiger partial charge on any atom is 0.123 e. The molecule has 0 radical (unpaired) electrons. The third-order valence-corrected chi connectivity index (χ3v) is 3.58. The number of aryl methyl sites for hydroxylation is 1. The molecular formula is C17H15FN2. The Balaban J connectivity index is 2.15. The lowest BCUT2D eigenvalue weighted by Crippen LogP contribution is -2.14. The number of nitrogens with zero attached hydrogens (tertiary/aromatic N) is 1. The Kier molecular flexibility index (Phi) is 3.20. The SMILES string of the molecule is Cc1cc(F)ccc1C(N)c1cccc2ncccc12. The van der Waals surface area contributed by atoms with Gasteiger partial charge in [0.05, 0.1) is 11.6 Å². The lowest BCUT2D eigenvalue weighted by atomic mass is 9.93. The van der Waals surface area contributed by atoms with Crippen molar-refractivity contribution in [3.05, 3.63) is 77.2 Å². The molecule has 0 fully saturated rings. The number of nitrogens with two attached hydrogens (primary N) is 1. The molecule has 20 heavy (non-hydrogen) atoms. The van der Waals surface area contributed by atoms with Crippen molar-refractivity contribution in [3.8, 4) is 0 Å². The summed E-state index contributed by atoms with van der Waals surface area (Å²) in [4.78, 5) is 4.34. The smallest absolute Gasteiger partial charge is 0.123 e. The Hall–Kier alpha value is -2.26. The highest BCUT2D eigenvalue weighted by atomic mass is 19.1. The monoisotopic (exact) mass is 266 g/mol. The van der Waals surface area contributed by atoms with Gasteiger partial charge >= 0.3 is 0 Å². The normalized spacial score (nSPS) is 12.6. The number of hydrogen-bond acceptors (Lipinski definition) is 2. The number of rotatable bonds is 2. The molecule has 100 valence electrons. The Morgan fingerprint density at radius 3 is 2.70 bits per heavy atom. The van der Waals surface area contributed by atoms with E-state index in [4.69, 9.17) is 5.73 Å². The second kappa shape index (κ2) is 5.02. The van der Waals surface area contributed by atoms with Gasteiger partial charge in [-0.25, -0.2) is 4.39 Å². The summed E-state index contributed by atoms with van der Waals surface area (Å²) in [6, 6.07) is 14.2. The van der Waals surface area contributed by atoms with Gasteiger partial charge in [0.2, 0.25) is 0 Å². The molecule has 0 saturated heterocycles. The fourth-order valence-corrected chi connectivity index (χ4v) is 2.55. The minimum absolute atomic E-state index is 0.238. The van der Waals surface area contributed by atoms with Gasteiger partial charge in [0.15, 0.2) is 0 Å². The van der Waals surface area contributed by atoms with Crippen LogP contribution in [0, 0.1) is 12.7 Å². The average molecular weight is 266 g/mol. The summed E-state index contributed by atoms with van der Waals surface area (Å²) in [5.41, 5.74) is 10.1. The molecule has 2 nitrogen and oxygen atoms in total. The summed E-state index contributed by atoms with van der Waals surface area (Å²) in [7, 11) is 0. The quantitative estimate of drug-likeness (QED) is 0.767. The molecule has 0 spiro atoms. The van der Waals surface area contributed by atoms with Crippen molar-refractivity contribution in [3.63, 3.8) is 0 Å². The number of hydrogen-bond donors (Lipinski definition) is 1. The molecule has 0 saturated carbocycles. The van der Waals surface area contributed by atoms with Crippen molar-refractivity contribution in [2.75, 3.05) is 0 Å². The third-order valence-electron chi connectivity index (χ3n) is 3.58. The molecular weight excluding hydrogens is 251 g/mol. The molecule has 0 bridgehead atoms. The van der Waals surface area contributed by atoms with Gasteiger partial charge in [0.1, 0.15) is 5.82 Å². The van der Waals surface area contributed by atoms with Crippen LogP contribution in [0.5, 0.6) is 0 Å². The predicted molar refractivity (Wildman–Crippen MR) is 78.9 cm³/mol. The van der Waals surface area contributed by atoms with E-state index in [0.717, 1.165) is 27.6 Å². The lowest BCUT2D eigenvalue weighted by Gasteiger charge is -2.17. The average Bonchev–Trinajstić information content (AvgIpc) is 2.46. The van der Waals surface area contributed by atoms with E-state index in [1.54, 1.807) is 12.3 Å². The zero-order valence-electron chi connectivity index (χ0n) is 11.2. The zero-order valence-corrected chi connectivity index (χ0v) is 11.2. The van der Waals surface area contributed by atoms with Crippen LogP contribution in [-0.2, 0) is 0 Å². The van der Waals surface area contributed by atoms with Gasteiger partial charge in [-0.1, -0.05) is 24.3 Å². The molecule has 3 heteroatoms. The number of aromatic nitrogens is 1. The molecule has 1 heterocycles. The Morgan fingerprint density at radius 1 is 1.05 bits per heavy atom. The van der Waals surface area contributed by atoms with Crippen LogP contribution in [-0.4, -0.2) is 4.98 Å². The molecule has 3 aromatic rings. The van der Waals surface area contributed by atoms with E-state index >= 15 is 0 Å². The van der Waals surface area contributed by atoms with Crippen molar-refractivity contribution < 1.29 is 4.39 Å². The minimum Gasteiger partial charge on any atom is -0.320 e. The molecule has 1 atom stereocenters. The Labute approximate surface area is 117 Å². The molecule has 0 aliphatic heterocycles. The van der Waals surface area contributed by atoms with Gasteiger partial charge in [-0.05, 0) is 47.9 Å². The first kappa shape index (κ1) is 12.8. The summed E-state index contributed by atoms with van der Waals surface area (Å²) in [6.07, 6.45) is 1.76. The van der Waals surface area contributed by atoms with Crippen LogP contribution in [0.15, 0.2) is 54.7 Å². The third kappa shape index (κ3) is 2.17. The second-order valence-corrected chi connectivity index (χ2v) is 4.90. The van der Waals surface area contributed by atoms with Crippen LogP contribution in [0.25, 0.3) is 10.9 Å². The summed E-state index contributed by atoms with van der Waals surface area (Å²) in [5.74, 6) is -0.238. The van der Waals surface area contributed by atoms with Crippen LogP contribution in [0.3, 0.4) is 0 Å². The highest BCUT2D eigenvalue weighted by Gasteiger charge is 2.14. The van der Waals surface area contributed by atoms with E-state index in [2.05, 4.69) is 4.98 Å². The number of fused-ring (bicyclic) bond motifs is 1. The maximum atomic E-state index is 13.2. The standard InChI is InChI=1S/C17H15FN2/c1-11-10-12(18)7-8-13(11)17(19)15-4-2-6-16-14(15)5-3-9-20-16/h2-10,17H,19H2,1H3. The maximum absolute atomic E-state index is 13.2. The van der Waals surface area contributed by atoms with Crippen molar-refractivity contribution in [2.45, 2.75) is 13.0 Å². The van der Waals surface area contributed by atoms with Crippen LogP contribution in [0.4, 0.5) is 4.39 Å². The molecule has 0 aliphatic carbocycles. The van der Waals surface area contributed by atoms with Crippen LogP contribution in [0.2, 0.25) is 0 Å². The van der Waals surface area contributed by atoms with E-state index in [1.165, 1.54) is 12.1 Å².